The van der Waals surface area contributed by atoms with Crippen molar-refractivity contribution in [3.8, 4) is 17.5 Å². The molecule has 1 heterocycles. The summed E-state index contributed by atoms with van der Waals surface area (Å²) in [4.78, 5) is 0. The molecule has 3 rings (SSSR count). The molecule has 7 heteroatoms. The number of rotatable bonds is 2. The number of benzene rings is 1. The zero-order valence-electron chi connectivity index (χ0n) is 9.61. The van der Waals surface area contributed by atoms with Crippen molar-refractivity contribution in [3.63, 3.8) is 0 Å². The van der Waals surface area contributed by atoms with Gasteiger partial charge in [-0.25, -0.2) is 0 Å². The molecule has 1 N–H and O–H groups in total. The van der Waals surface area contributed by atoms with E-state index in [0.29, 0.717) is 5.56 Å². The molecule has 4 nitrogen and oxygen atoms in total. The topological polar surface area (TPSA) is 59.2 Å². The van der Waals surface area contributed by atoms with Crippen molar-refractivity contribution in [2.45, 2.75) is 24.9 Å². The van der Waals surface area contributed by atoms with Crippen LogP contribution in [0, 0.1) is 0 Å². The molecule has 0 atom stereocenters. The van der Waals surface area contributed by atoms with Crippen molar-refractivity contribution >= 4 is 0 Å². The minimum atomic E-state index is -4.43. The van der Waals surface area contributed by atoms with Gasteiger partial charge in [0.1, 0.15) is 0 Å². The van der Waals surface area contributed by atoms with Crippen molar-refractivity contribution in [1.82, 2.24) is 10.2 Å². The lowest BCUT2D eigenvalue weighted by molar-refractivity contribution is -0.137. The van der Waals surface area contributed by atoms with Gasteiger partial charge in [-0.1, -0.05) is 5.10 Å². The van der Waals surface area contributed by atoms with E-state index in [4.69, 9.17) is 9.52 Å². The number of nitrogens with zero attached hydrogens (tertiary/aromatic N) is 2. The van der Waals surface area contributed by atoms with E-state index in [9.17, 15) is 13.2 Å². The van der Waals surface area contributed by atoms with Crippen LogP contribution in [0.4, 0.5) is 13.2 Å². The Labute approximate surface area is 105 Å². The van der Waals surface area contributed by atoms with Gasteiger partial charge in [0.15, 0.2) is 0 Å². The molecule has 1 fully saturated rings. The highest BCUT2D eigenvalue weighted by Gasteiger charge is 2.34. The number of halogens is 3. The van der Waals surface area contributed by atoms with Gasteiger partial charge < -0.3 is 9.52 Å². The summed E-state index contributed by atoms with van der Waals surface area (Å²) in [6.07, 6.45) is -3.33. The standard InChI is InChI=1S/C12H9F3N2O2/c13-12(14,15)9-4-7(6-1-2-6)3-8(5-9)10-16-17-11(18)19-10/h3-6H,1-2H2,(H,17,18). The SMILES string of the molecule is Oc1nnc(-c2cc(C3CC3)cc(C(F)(F)F)c2)o1. The molecule has 1 aromatic heterocycles. The average Bonchev–Trinajstić information content (AvgIpc) is 3.10. The Morgan fingerprint density at radius 1 is 1.16 bits per heavy atom. The number of hydrogen-bond acceptors (Lipinski definition) is 4. The van der Waals surface area contributed by atoms with Crippen molar-refractivity contribution in [2.75, 3.05) is 0 Å². The van der Waals surface area contributed by atoms with Crippen LogP contribution in [0.5, 0.6) is 6.08 Å². The number of aromatic hydroxyl groups is 1. The molecule has 1 aliphatic rings. The van der Waals surface area contributed by atoms with Crippen LogP contribution in [0.15, 0.2) is 22.6 Å². The van der Waals surface area contributed by atoms with Crippen LogP contribution in [-0.4, -0.2) is 15.3 Å². The van der Waals surface area contributed by atoms with Crippen LogP contribution in [0.2, 0.25) is 0 Å². The Kier molecular flexibility index (Phi) is 2.51. The molecule has 100 valence electrons. The summed E-state index contributed by atoms with van der Waals surface area (Å²) >= 11 is 0. The maximum absolute atomic E-state index is 12.8. The second-order valence-corrected chi connectivity index (χ2v) is 4.51. The third-order valence-electron chi connectivity index (χ3n) is 2.99. The second-order valence-electron chi connectivity index (χ2n) is 4.51. The lowest BCUT2D eigenvalue weighted by Crippen LogP contribution is -2.06. The van der Waals surface area contributed by atoms with Crippen LogP contribution >= 0.6 is 0 Å². The van der Waals surface area contributed by atoms with E-state index in [0.717, 1.165) is 25.0 Å². The summed E-state index contributed by atoms with van der Waals surface area (Å²) in [6, 6.07) is 3.69. The van der Waals surface area contributed by atoms with Gasteiger partial charge in [0.25, 0.3) is 5.89 Å². The normalized spacial score (nSPS) is 15.7. The predicted octanol–water partition coefficient (Wildman–Crippen LogP) is 3.34. The molecular weight excluding hydrogens is 261 g/mol. The van der Waals surface area contributed by atoms with Gasteiger partial charge in [0, 0.05) is 5.56 Å². The number of alkyl halides is 3. The molecular formula is C12H9F3N2O2. The molecule has 0 unspecified atom stereocenters. The maximum atomic E-state index is 12.8. The van der Waals surface area contributed by atoms with Crippen molar-refractivity contribution in [1.29, 1.82) is 0 Å². The molecule has 0 amide bonds. The van der Waals surface area contributed by atoms with E-state index in [-0.39, 0.29) is 17.4 Å². The highest BCUT2D eigenvalue weighted by atomic mass is 19.4. The molecule has 19 heavy (non-hydrogen) atoms. The minimum absolute atomic E-state index is 0.120. The van der Waals surface area contributed by atoms with E-state index in [1.54, 1.807) is 6.07 Å². The Balaban J connectivity index is 2.10. The highest BCUT2D eigenvalue weighted by molar-refractivity contribution is 5.57. The second kappa shape index (κ2) is 3.97. The van der Waals surface area contributed by atoms with Crippen molar-refractivity contribution in [3.05, 3.63) is 29.3 Å². The molecule has 1 aromatic carbocycles. The van der Waals surface area contributed by atoms with Gasteiger partial charge in [0.05, 0.1) is 5.56 Å². The van der Waals surface area contributed by atoms with E-state index in [1.165, 1.54) is 0 Å². The summed E-state index contributed by atoms with van der Waals surface area (Å²) in [5.74, 6) is 0.0445. The van der Waals surface area contributed by atoms with Crippen LogP contribution in [0.25, 0.3) is 11.5 Å². The fraction of sp³-hybridized carbons (Fsp3) is 0.333. The predicted molar refractivity (Wildman–Crippen MR) is 58.4 cm³/mol. The molecule has 1 aliphatic carbocycles. The average molecular weight is 270 g/mol. The first kappa shape index (κ1) is 12.0. The van der Waals surface area contributed by atoms with Gasteiger partial charge in [-0.05, 0) is 42.5 Å². The monoisotopic (exact) mass is 270 g/mol. The Bertz CT molecular complexity index is 618. The third-order valence-corrected chi connectivity index (χ3v) is 2.99. The van der Waals surface area contributed by atoms with Gasteiger partial charge >= 0.3 is 12.3 Å². The molecule has 0 saturated heterocycles. The largest absolute Gasteiger partial charge is 0.465 e. The lowest BCUT2D eigenvalue weighted by atomic mass is 10.0. The van der Waals surface area contributed by atoms with Crippen LogP contribution in [-0.2, 0) is 6.18 Å². The van der Waals surface area contributed by atoms with Gasteiger partial charge in [-0.3, -0.25) is 0 Å². The first-order valence-corrected chi connectivity index (χ1v) is 5.68. The zero-order valence-corrected chi connectivity index (χ0v) is 9.61. The maximum Gasteiger partial charge on any atom is 0.416 e. The Hall–Kier alpha value is -2.05. The van der Waals surface area contributed by atoms with Gasteiger partial charge in [-0.15, -0.1) is 5.10 Å². The van der Waals surface area contributed by atoms with E-state index < -0.39 is 17.8 Å². The summed E-state index contributed by atoms with van der Waals surface area (Å²) < 4.78 is 43.3. The molecule has 2 aromatic rings. The smallest absolute Gasteiger partial charge is 0.416 e. The van der Waals surface area contributed by atoms with Gasteiger partial charge in [-0.2, -0.15) is 13.2 Å². The summed E-state index contributed by atoms with van der Waals surface area (Å²) in [5, 5.41) is 15.7. The quantitative estimate of drug-likeness (QED) is 0.909. The van der Waals surface area contributed by atoms with Gasteiger partial charge in [0.2, 0.25) is 0 Å². The first-order chi connectivity index (χ1) is 8.93. The molecule has 1 saturated carbocycles. The Morgan fingerprint density at radius 3 is 2.42 bits per heavy atom. The zero-order chi connectivity index (χ0) is 13.6. The van der Waals surface area contributed by atoms with E-state index >= 15 is 0 Å². The number of aromatic nitrogens is 2. The fourth-order valence-electron chi connectivity index (χ4n) is 1.92. The third kappa shape index (κ3) is 2.40. The van der Waals surface area contributed by atoms with Crippen LogP contribution in [0.1, 0.15) is 29.9 Å². The summed E-state index contributed by atoms with van der Waals surface area (Å²) in [5.41, 5.74) is 0.0385. The lowest BCUT2D eigenvalue weighted by Gasteiger charge is -2.10. The summed E-state index contributed by atoms with van der Waals surface area (Å²) in [7, 11) is 0. The first-order valence-electron chi connectivity index (χ1n) is 5.68. The molecule has 0 spiro atoms. The van der Waals surface area contributed by atoms with Crippen LogP contribution in [0.3, 0.4) is 0 Å². The van der Waals surface area contributed by atoms with E-state index in [2.05, 4.69) is 10.2 Å². The molecule has 0 aliphatic heterocycles. The van der Waals surface area contributed by atoms with E-state index in [1.807, 2.05) is 0 Å². The number of hydrogen-bond donors (Lipinski definition) is 1. The fourth-order valence-corrected chi connectivity index (χ4v) is 1.92. The Morgan fingerprint density at radius 2 is 1.89 bits per heavy atom. The summed E-state index contributed by atoms with van der Waals surface area (Å²) in [6.45, 7) is 0. The van der Waals surface area contributed by atoms with Crippen LogP contribution < -0.4 is 0 Å². The molecule has 0 bridgehead atoms. The van der Waals surface area contributed by atoms with Crippen molar-refractivity contribution < 1.29 is 22.7 Å². The molecule has 0 radical (unpaired) electrons. The van der Waals surface area contributed by atoms with Crippen molar-refractivity contribution in [2.24, 2.45) is 0 Å². The minimum Gasteiger partial charge on any atom is -0.465 e. The highest BCUT2D eigenvalue weighted by Crippen LogP contribution is 2.43.